The summed E-state index contributed by atoms with van der Waals surface area (Å²) in [5.41, 5.74) is -0.725. The molecule has 1 saturated carbocycles. The van der Waals surface area contributed by atoms with E-state index in [9.17, 15) is 18.9 Å². The monoisotopic (exact) mass is 533 g/mol. The molecule has 0 radical (unpaired) electrons. The van der Waals surface area contributed by atoms with Gasteiger partial charge in [-0.25, -0.2) is 9.36 Å². The fourth-order valence-corrected chi connectivity index (χ4v) is 5.64. The van der Waals surface area contributed by atoms with E-state index in [1.807, 2.05) is 0 Å². The van der Waals surface area contributed by atoms with E-state index in [1.165, 1.54) is 10.8 Å². The second-order valence-corrected chi connectivity index (χ2v) is 10.9. The maximum absolute atomic E-state index is 13.7. The topological polar surface area (TPSA) is 138 Å². The molecule has 2 aliphatic rings. The summed E-state index contributed by atoms with van der Waals surface area (Å²) < 4.78 is 37.7. The molecule has 12 heteroatoms. The van der Waals surface area contributed by atoms with Gasteiger partial charge in [0.25, 0.3) is 5.56 Å². The number of aromatic nitrogens is 2. The number of nitrogens with one attached hydrogen (secondary N) is 2. The molecule has 1 aromatic carbocycles. The van der Waals surface area contributed by atoms with Crippen molar-refractivity contribution in [2.24, 2.45) is 0 Å². The molecule has 1 aliphatic heterocycles. The van der Waals surface area contributed by atoms with Crippen molar-refractivity contribution in [1.82, 2.24) is 14.6 Å². The molecule has 4 atom stereocenters. The van der Waals surface area contributed by atoms with Crippen LogP contribution >= 0.6 is 7.75 Å². The maximum Gasteiger partial charge on any atom is 0.459 e. The van der Waals surface area contributed by atoms with Crippen molar-refractivity contribution in [3.8, 4) is 5.75 Å². The summed E-state index contributed by atoms with van der Waals surface area (Å²) in [6.07, 6.45) is 7.91. The summed E-state index contributed by atoms with van der Waals surface area (Å²) in [5.74, 6) is -0.237. The first kappa shape index (κ1) is 27.1. The van der Waals surface area contributed by atoms with Gasteiger partial charge in [-0.3, -0.25) is 23.7 Å². The highest BCUT2D eigenvalue weighted by atomic mass is 31.2. The Morgan fingerprint density at radius 2 is 1.92 bits per heavy atom. The lowest BCUT2D eigenvalue weighted by molar-refractivity contribution is -0.152. The lowest BCUT2D eigenvalue weighted by Gasteiger charge is -2.26. The van der Waals surface area contributed by atoms with Crippen LogP contribution in [0.5, 0.6) is 5.75 Å². The first-order valence-corrected chi connectivity index (χ1v) is 13.9. The van der Waals surface area contributed by atoms with E-state index in [-0.39, 0.29) is 12.7 Å². The number of rotatable bonds is 10. The number of aromatic amines is 1. The van der Waals surface area contributed by atoms with Crippen LogP contribution in [0.15, 0.2) is 58.3 Å². The van der Waals surface area contributed by atoms with Crippen molar-refractivity contribution in [2.75, 3.05) is 6.61 Å². The first-order chi connectivity index (χ1) is 17.7. The summed E-state index contributed by atoms with van der Waals surface area (Å²) in [5, 5.41) is 2.68. The molecule has 2 N–H and O–H groups in total. The van der Waals surface area contributed by atoms with Gasteiger partial charge in [0, 0.05) is 11.8 Å². The molecule has 4 rings (SSSR count). The Labute approximate surface area is 214 Å². The second-order valence-electron chi connectivity index (χ2n) is 9.17. The van der Waals surface area contributed by atoms with Gasteiger partial charge in [0.05, 0.1) is 6.61 Å². The quantitative estimate of drug-likeness (QED) is 0.267. The molecule has 0 amide bonds. The number of para-hydroxylation sites is 1. The Kier molecular flexibility index (Phi) is 8.81. The van der Waals surface area contributed by atoms with Crippen LogP contribution in [0.3, 0.4) is 0 Å². The molecule has 1 fully saturated rings. The van der Waals surface area contributed by atoms with Crippen molar-refractivity contribution in [3.05, 3.63) is 75.1 Å². The fourth-order valence-electron chi connectivity index (χ4n) is 4.14. The minimum absolute atomic E-state index is 0.144. The van der Waals surface area contributed by atoms with Crippen LogP contribution in [0.2, 0.25) is 0 Å². The average molecular weight is 534 g/mol. The van der Waals surface area contributed by atoms with E-state index < -0.39 is 43.3 Å². The van der Waals surface area contributed by atoms with Gasteiger partial charge in [0.2, 0.25) is 0 Å². The van der Waals surface area contributed by atoms with Crippen LogP contribution in [0.4, 0.5) is 0 Å². The molecule has 2 aromatic rings. The minimum atomic E-state index is -4.05. The first-order valence-electron chi connectivity index (χ1n) is 12.4. The molecule has 2 heterocycles. The third-order valence-corrected chi connectivity index (χ3v) is 7.79. The summed E-state index contributed by atoms with van der Waals surface area (Å²) in [4.78, 5) is 38.7. The molecule has 200 valence electrons. The average Bonchev–Trinajstić information content (AvgIpc) is 3.35. The van der Waals surface area contributed by atoms with Crippen LogP contribution < -0.4 is 20.9 Å². The summed E-state index contributed by atoms with van der Waals surface area (Å²) >= 11 is 0. The molecular weight excluding hydrogens is 501 g/mol. The largest absolute Gasteiger partial charge is 0.461 e. The van der Waals surface area contributed by atoms with E-state index in [0.717, 1.165) is 32.1 Å². The number of carbonyl (C=O) groups excluding carboxylic acids is 1. The van der Waals surface area contributed by atoms with Gasteiger partial charge < -0.3 is 14.0 Å². The molecule has 0 bridgehead atoms. The Balaban J connectivity index is 1.40. The van der Waals surface area contributed by atoms with Crippen LogP contribution in [0, 0.1) is 6.92 Å². The maximum atomic E-state index is 13.7. The Bertz CT molecular complexity index is 1270. The van der Waals surface area contributed by atoms with E-state index in [0.29, 0.717) is 11.3 Å². The smallest absolute Gasteiger partial charge is 0.459 e. The van der Waals surface area contributed by atoms with Gasteiger partial charge in [-0.2, -0.15) is 5.09 Å². The van der Waals surface area contributed by atoms with Gasteiger partial charge in [-0.05, 0) is 57.7 Å². The van der Waals surface area contributed by atoms with Crippen LogP contribution in [0.25, 0.3) is 0 Å². The van der Waals surface area contributed by atoms with Crippen LogP contribution in [-0.2, 0) is 23.4 Å². The molecule has 37 heavy (non-hydrogen) atoms. The van der Waals surface area contributed by atoms with E-state index in [2.05, 4.69) is 10.1 Å². The molecular formula is C25H32N3O8P. The van der Waals surface area contributed by atoms with Crippen LogP contribution in [0.1, 0.15) is 50.8 Å². The predicted octanol–water partition coefficient (Wildman–Crippen LogP) is 3.36. The highest BCUT2D eigenvalue weighted by molar-refractivity contribution is 7.52. The molecule has 2 unspecified atom stereocenters. The third kappa shape index (κ3) is 7.29. The lowest BCUT2D eigenvalue weighted by Crippen LogP contribution is -2.38. The molecule has 1 aromatic heterocycles. The number of hydrogen-bond donors (Lipinski definition) is 2. The number of nitrogens with zero attached hydrogens (tertiary/aromatic N) is 1. The zero-order valence-corrected chi connectivity index (χ0v) is 21.7. The number of aryl methyl sites for hydroxylation is 1. The second kappa shape index (κ2) is 12.0. The fraction of sp³-hybridized carbons (Fsp3) is 0.480. The summed E-state index contributed by atoms with van der Waals surface area (Å²) in [6, 6.07) is 7.52. The predicted molar refractivity (Wildman–Crippen MR) is 135 cm³/mol. The molecule has 0 spiro atoms. The highest BCUT2D eigenvalue weighted by Gasteiger charge is 2.35. The zero-order chi connectivity index (χ0) is 26.4. The third-order valence-electron chi connectivity index (χ3n) is 6.14. The standard InChI is InChI=1S/C25H32N3O8P/c1-17-15-28(25(31)26-23(17)29)22-14-13-21(34-22)16-33-37(32,36-20-11-7-4-8-12-20)27-18(2)24(30)35-19-9-5-3-6-10-19/h4,7-8,11-15,18-19,21-22H,3,5-6,9-10,16H2,1-2H3,(H,27,32)(H,26,29,31)/t18?,21-,22+,37?/m0/s1. The number of benzene rings is 1. The molecule has 1 aliphatic carbocycles. The molecule has 11 nitrogen and oxygen atoms in total. The van der Waals surface area contributed by atoms with Crippen LogP contribution in [-0.4, -0.2) is 40.4 Å². The van der Waals surface area contributed by atoms with E-state index >= 15 is 0 Å². The lowest BCUT2D eigenvalue weighted by atomic mass is 9.98. The van der Waals surface area contributed by atoms with Gasteiger partial charge in [0.1, 0.15) is 24.0 Å². The zero-order valence-electron chi connectivity index (χ0n) is 20.8. The number of ether oxygens (including phenoxy) is 2. The summed E-state index contributed by atoms with van der Waals surface area (Å²) in [7, 11) is -4.05. The normalized spacial score (nSPS) is 22.3. The van der Waals surface area contributed by atoms with E-state index in [1.54, 1.807) is 56.3 Å². The summed E-state index contributed by atoms with van der Waals surface area (Å²) in [6.45, 7) is 2.94. The number of H-pyrrole nitrogens is 1. The van der Waals surface area contributed by atoms with Crippen molar-refractivity contribution in [2.45, 2.75) is 70.4 Å². The van der Waals surface area contributed by atoms with Crippen molar-refractivity contribution >= 4 is 13.7 Å². The number of esters is 1. The van der Waals surface area contributed by atoms with Crippen molar-refractivity contribution in [1.29, 1.82) is 0 Å². The SMILES string of the molecule is Cc1cn([C@H]2C=C[C@@H](COP(=O)(NC(C)C(=O)OC3CCCCC3)Oc3ccccc3)O2)c(=O)[nH]c1=O. The molecule has 0 saturated heterocycles. The van der Waals surface area contributed by atoms with Crippen molar-refractivity contribution < 1.29 is 27.9 Å². The Morgan fingerprint density at radius 1 is 1.19 bits per heavy atom. The number of hydrogen-bond acceptors (Lipinski definition) is 8. The van der Waals surface area contributed by atoms with Gasteiger partial charge in [-0.1, -0.05) is 30.7 Å². The van der Waals surface area contributed by atoms with Gasteiger partial charge in [-0.15, -0.1) is 0 Å². The van der Waals surface area contributed by atoms with Crippen molar-refractivity contribution in [3.63, 3.8) is 0 Å². The van der Waals surface area contributed by atoms with E-state index in [4.69, 9.17) is 18.5 Å². The van der Waals surface area contributed by atoms with Gasteiger partial charge in [0.15, 0.2) is 6.23 Å². The Hall–Kier alpha value is -2.98. The van der Waals surface area contributed by atoms with Gasteiger partial charge >= 0.3 is 19.4 Å². The Morgan fingerprint density at radius 3 is 2.65 bits per heavy atom. The number of carbonyl (C=O) groups is 1. The highest BCUT2D eigenvalue weighted by Crippen LogP contribution is 2.45. The minimum Gasteiger partial charge on any atom is -0.461 e.